The van der Waals surface area contributed by atoms with Crippen molar-refractivity contribution in [3.8, 4) is 17.2 Å². The number of unbranched alkanes of at least 4 members (excludes halogenated alkanes) is 2. The molecule has 3 aromatic rings. The van der Waals surface area contributed by atoms with Crippen molar-refractivity contribution in [2.45, 2.75) is 96.4 Å². The summed E-state index contributed by atoms with van der Waals surface area (Å²) in [5.74, 6) is -0.533. The van der Waals surface area contributed by atoms with E-state index in [0.717, 1.165) is 48.1 Å². The van der Waals surface area contributed by atoms with Crippen LogP contribution in [0.1, 0.15) is 86.5 Å². The van der Waals surface area contributed by atoms with Crippen LogP contribution in [0.5, 0.6) is 17.2 Å². The zero-order valence-corrected chi connectivity index (χ0v) is 35.3. The Labute approximate surface area is 354 Å². The fourth-order valence-corrected chi connectivity index (χ4v) is 9.17. The molecule has 3 aromatic carbocycles. The van der Waals surface area contributed by atoms with Gasteiger partial charge in [0.2, 0.25) is 5.79 Å². The second-order valence-corrected chi connectivity index (χ2v) is 16.0. The number of benzene rings is 3. The summed E-state index contributed by atoms with van der Waals surface area (Å²) in [6, 6.07) is 17.2. The molecule has 1 amide bonds. The van der Waals surface area contributed by atoms with Gasteiger partial charge in [-0.25, -0.2) is 9.18 Å². The predicted octanol–water partition coefficient (Wildman–Crippen LogP) is 10.1. The molecular weight excluding hydrogens is 764 g/mol. The molecule has 6 rings (SSSR count). The quantitative estimate of drug-likeness (QED) is 0.0619. The fourth-order valence-electron chi connectivity index (χ4n) is 9.17. The third-order valence-electron chi connectivity index (χ3n) is 12.1. The molecular formula is C49H61FN2O8. The molecule has 322 valence electrons. The molecule has 2 aliphatic carbocycles. The molecule has 0 bridgehead atoms. The van der Waals surface area contributed by atoms with Gasteiger partial charge in [-0.15, -0.1) is 13.2 Å². The molecule has 0 radical (unpaired) electrons. The van der Waals surface area contributed by atoms with Crippen LogP contribution in [0.2, 0.25) is 0 Å². The number of nitrogens with zero attached hydrogens (tertiary/aromatic N) is 2. The van der Waals surface area contributed by atoms with Gasteiger partial charge in [0.15, 0.2) is 0 Å². The van der Waals surface area contributed by atoms with E-state index in [1.54, 1.807) is 29.2 Å². The number of hydrogen-bond donors (Lipinski definition) is 2. The molecule has 1 saturated carbocycles. The average Bonchev–Trinajstić information content (AvgIpc) is 3.24. The third kappa shape index (κ3) is 9.96. The zero-order valence-electron chi connectivity index (χ0n) is 35.3. The highest BCUT2D eigenvalue weighted by Crippen LogP contribution is 2.62. The highest BCUT2D eigenvalue weighted by atomic mass is 19.1. The topological polar surface area (TPSA) is 119 Å². The molecule has 60 heavy (non-hydrogen) atoms. The Morgan fingerprint density at radius 2 is 1.70 bits per heavy atom. The first-order valence-corrected chi connectivity index (χ1v) is 21.4. The minimum absolute atomic E-state index is 0.0346. The van der Waals surface area contributed by atoms with Crippen molar-refractivity contribution in [2.24, 2.45) is 22.9 Å². The highest BCUT2D eigenvalue weighted by molar-refractivity contribution is 6.03. The maximum Gasteiger partial charge on any atom is 0.410 e. The Balaban J connectivity index is 1.59. The monoisotopic (exact) mass is 824 g/mol. The van der Waals surface area contributed by atoms with Gasteiger partial charge in [0, 0.05) is 37.7 Å². The molecule has 0 saturated heterocycles. The van der Waals surface area contributed by atoms with E-state index in [-0.39, 0.29) is 63.0 Å². The number of aryl methyl sites for hydroxylation is 2. The van der Waals surface area contributed by atoms with Crippen LogP contribution in [0.25, 0.3) is 0 Å². The van der Waals surface area contributed by atoms with Crippen molar-refractivity contribution in [1.82, 2.24) is 4.90 Å². The largest absolute Gasteiger partial charge is 0.459 e. The van der Waals surface area contributed by atoms with E-state index in [9.17, 15) is 19.4 Å². The van der Waals surface area contributed by atoms with Crippen molar-refractivity contribution in [3.63, 3.8) is 0 Å². The van der Waals surface area contributed by atoms with E-state index in [1.807, 2.05) is 37.3 Å². The van der Waals surface area contributed by atoms with Crippen LogP contribution in [-0.4, -0.2) is 71.8 Å². The maximum atomic E-state index is 14.5. The summed E-state index contributed by atoms with van der Waals surface area (Å²) in [5.41, 5.74) is 5.53. The second kappa shape index (κ2) is 21.0. The van der Waals surface area contributed by atoms with Crippen LogP contribution in [0.3, 0.4) is 0 Å². The number of amides is 1. The predicted molar refractivity (Wildman–Crippen MR) is 231 cm³/mol. The number of oxime groups is 1. The summed E-state index contributed by atoms with van der Waals surface area (Å²) < 4.78 is 41.1. The Bertz CT molecular complexity index is 2000. The van der Waals surface area contributed by atoms with Gasteiger partial charge in [0.25, 0.3) is 0 Å². The molecule has 1 aliphatic heterocycles. The lowest BCUT2D eigenvalue weighted by molar-refractivity contribution is -0.256. The minimum atomic E-state index is -1.48. The first kappa shape index (κ1) is 44.6. The first-order valence-electron chi connectivity index (χ1n) is 21.4. The number of carbonyl (C=O) groups excluding carboxylic acids is 1. The summed E-state index contributed by atoms with van der Waals surface area (Å²) in [6.45, 7) is 14.6. The van der Waals surface area contributed by atoms with Crippen LogP contribution in [0, 0.1) is 37.4 Å². The Kier molecular flexibility index (Phi) is 15.6. The van der Waals surface area contributed by atoms with Crippen LogP contribution in [-0.2, 0) is 20.9 Å². The Morgan fingerprint density at radius 1 is 0.967 bits per heavy atom. The maximum absolute atomic E-state index is 14.5. The lowest BCUT2D eigenvalue weighted by atomic mass is 9.55. The van der Waals surface area contributed by atoms with Gasteiger partial charge in [-0.3, -0.25) is 4.90 Å². The number of aliphatic hydroxyl groups is 2. The SMILES string of the molecule is C=CCCOC(=O)N(Cc1ccc(F)cc1)C1CC(=NOCC)C2=CC(CCCCO)C(CCCCO)C3c4cc(Oc5ccc(C)c(C)c5)ccc4OC1(OCC=C)C23. The number of allylic oxidation sites excluding steroid dienone is 1. The molecule has 10 nitrogen and oxygen atoms in total. The van der Waals surface area contributed by atoms with E-state index in [0.29, 0.717) is 48.6 Å². The van der Waals surface area contributed by atoms with Gasteiger partial charge < -0.3 is 34.0 Å². The van der Waals surface area contributed by atoms with Gasteiger partial charge in [-0.05, 0) is 129 Å². The van der Waals surface area contributed by atoms with Gasteiger partial charge in [0.1, 0.15) is 35.7 Å². The standard InChI is InChI=1S/C49H61FN2O8/c1-6-9-27-56-48(55)52(32-35-17-19-37(50)20-18-35)45-31-43(51-58-8-3)41-29-36(14-10-12-24-53)40(15-11-13-25-54)46-42-30-39(59-38-21-16-33(4)34(5)28-38)22-23-44(42)60-49(45,47(41)46)57-26-7-2/h6-7,16-23,28-30,36,40,45-47,53-54H,1-2,8-15,24-27,31-32H2,3-5H3. The molecule has 0 spiro atoms. The number of rotatable bonds is 21. The smallest absolute Gasteiger partial charge is 0.410 e. The average molecular weight is 825 g/mol. The molecule has 1 fully saturated rings. The van der Waals surface area contributed by atoms with E-state index < -0.39 is 23.8 Å². The molecule has 0 aromatic heterocycles. The number of carbonyl (C=O) groups is 1. The molecule has 6 unspecified atom stereocenters. The van der Waals surface area contributed by atoms with Crippen molar-refractivity contribution in [1.29, 1.82) is 0 Å². The van der Waals surface area contributed by atoms with Crippen LogP contribution < -0.4 is 9.47 Å². The zero-order chi connectivity index (χ0) is 42.6. The normalized spacial score (nSPS) is 23.4. The minimum Gasteiger partial charge on any atom is -0.459 e. The van der Waals surface area contributed by atoms with E-state index in [2.05, 4.69) is 39.1 Å². The van der Waals surface area contributed by atoms with Gasteiger partial charge in [-0.2, -0.15) is 0 Å². The fraction of sp³-hybridized carbons (Fsp3) is 0.469. The Hall–Kier alpha value is -4.97. The second-order valence-electron chi connectivity index (χ2n) is 16.0. The molecule has 6 atom stereocenters. The van der Waals surface area contributed by atoms with Crippen molar-refractivity contribution < 1.29 is 43.2 Å². The first-order chi connectivity index (χ1) is 29.2. The van der Waals surface area contributed by atoms with E-state index >= 15 is 0 Å². The number of halogens is 1. The summed E-state index contributed by atoms with van der Waals surface area (Å²) in [6.07, 6.45) is 10.3. The van der Waals surface area contributed by atoms with Crippen LogP contribution in [0.4, 0.5) is 9.18 Å². The number of ether oxygens (including phenoxy) is 4. The summed E-state index contributed by atoms with van der Waals surface area (Å²) in [7, 11) is 0. The molecule has 3 aliphatic rings. The van der Waals surface area contributed by atoms with Crippen LogP contribution >= 0.6 is 0 Å². The summed E-state index contributed by atoms with van der Waals surface area (Å²) in [5, 5.41) is 24.6. The molecule has 2 N–H and O–H groups in total. The van der Waals surface area contributed by atoms with E-state index in [1.165, 1.54) is 17.7 Å². The Morgan fingerprint density at radius 3 is 2.40 bits per heavy atom. The molecule has 1 heterocycles. The van der Waals surface area contributed by atoms with Gasteiger partial charge in [-0.1, -0.05) is 54.4 Å². The van der Waals surface area contributed by atoms with Crippen molar-refractivity contribution >= 4 is 11.8 Å². The van der Waals surface area contributed by atoms with Crippen molar-refractivity contribution in [2.75, 3.05) is 33.0 Å². The van der Waals surface area contributed by atoms with E-state index in [4.69, 9.17) is 28.9 Å². The van der Waals surface area contributed by atoms with Crippen LogP contribution in [0.15, 0.2) is 103 Å². The molecule has 11 heteroatoms. The van der Waals surface area contributed by atoms with Gasteiger partial charge >= 0.3 is 6.09 Å². The number of hydrogen-bond acceptors (Lipinski definition) is 9. The van der Waals surface area contributed by atoms with Gasteiger partial charge in [0.05, 0.1) is 24.8 Å². The third-order valence-corrected chi connectivity index (χ3v) is 12.1. The number of aliphatic hydroxyl groups excluding tert-OH is 2. The number of fused-ring (bicyclic) bond motifs is 2. The summed E-state index contributed by atoms with van der Waals surface area (Å²) >= 11 is 0. The summed E-state index contributed by atoms with van der Waals surface area (Å²) in [4.78, 5) is 22.0. The highest BCUT2D eigenvalue weighted by Gasteiger charge is 2.65. The van der Waals surface area contributed by atoms with Crippen molar-refractivity contribution in [3.05, 3.63) is 126 Å². The lowest BCUT2D eigenvalue weighted by Gasteiger charge is -2.59. The lowest BCUT2D eigenvalue weighted by Crippen LogP contribution is -2.70.